The first-order valence-corrected chi connectivity index (χ1v) is 15.3. The van der Waals surface area contributed by atoms with E-state index in [0.29, 0.717) is 49.0 Å². The molecule has 16 nitrogen and oxygen atoms in total. The Bertz CT molecular complexity index is 1560. The van der Waals surface area contributed by atoms with Crippen LogP contribution in [0.3, 0.4) is 0 Å². The Kier molecular flexibility index (Phi) is 9.70. The highest BCUT2D eigenvalue weighted by molar-refractivity contribution is 5.84. The van der Waals surface area contributed by atoms with E-state index in [1.807, 2.05) is 25.1 Å². The number of rotatable bonds is 15. The van der Waals surface area contributed by atoms with Crippen molar-refractivity contribution in [2.45, 2.75) is 63.7 Å². The maximum absolute atomic E-state index is 11.6. The fraction of sp³-hybridized carbons (Fsp3) is 0.517. The Morgan fingerprint density at radius 3 is 2.56 bits per heavy atom. The third-order valence-electron chi connectivity index (χ3n) is 8.02. The monoisotopic (exact) mass is 619 g/mol. The second kappa shape index (κ2) is 14.4. The Hall–Kier alpha value is -4.70. The lowest BCUT2D eigenvalue weighted by Crippen LogP contribution is -2.34. The molecule has 45 heavy (non-hydrogen) atoms. The number of hydrogen-bond acceptors (Lipinski definition) is 14. The van der Waals surface area contributed by atoms with Gasteiger partial charge in [0.15, 0.2) is 41.5 Å². The Balaban J connectivity index is 1.31. The van der Waals surface area contributed by atoms with Crippen LogP contribution < -0.4 is 10.6 Å². The first-order valence-electron chi connectivity index (χ1n) is 15.3. The van der Waals surface area contributed by atoms with Crippen molar-refractivity contribution >= 4 is 35.9 Å². The fourth-order valence-corrected chi connectivity index (χ4v) is 5.78. The molecule has 4 atom stereocenters. The largest absolute Gasteiger partial charge is 0.457 e. The summed E-state index contributed by atoms with van der Waals surface area (Å²) in [6.07, 6.45) is 1.99. The number of fused-ring (bicyclic) bond motifs is 1. The minimum atomic E-state index is -1.05. The molecule has 2 aliphatic heterocycles. The number of benzene rings is 1. The molecule has 5 heterocycles. The molecule has 4 aromatic rings. The summed E-state index contributed by atoms with van der Waals surface area (Å²) < 4.78 is 18.8. The van der Waals surface area contributed by atoms with Gasteiger partial charge in [-0.2, -0.15) is 14.8 Å². The van der Waals surface area contributed by atoms with Gasteiger partial charge in [-0.05, 0) is 50.1 Å². The van der Waals surface area contributed by atoms with Crippen molar-refractivity contribution in [1.82, 2.24) is 44.6 Å². The molecule has 2 N–H and O–H groups in total. The number of nitrogens with zero attached hydrogens (tertiary/aromatic N) is 9. The minimum Gasteiger partial charge on any atom is -0.457 e. The van der Waals surface area contributed by atoms with Crippen molar-refractivity contribution in [3.63, 3.8) is 0 Å². The van der Waals surface area contributed by atoms with Gasteiger partial charge in [0.1, 0.15) is 0 Å². The van der Waals surface area contributed by atoms with Crippen molar-refractivity contribution in [2.24, 2.45) is 0 Å². The number of carbonyl (C=O) groups is 2. The van der Waals surface area contributed by atoms with Gasteiger partial charge in [0.05, 0.1) is 12.9 Å². The maximum atomic E-state index is 11.6. The second-order valence-electron chi connectivity index (χ2n) is 10.9. The summed E-state index contributed by atoms with van der Waals surface area (Å²) in [5, 5.41) is 19.2. The summed E-state index contributed by atoms with van der Waals surface area (Å²) in [7, 11) is 0. The van der Waals surface area contributed by atoms with Gasteiger partial charge in [0.25, 0.3) is 12.9 Å². The summed E-state index contributed by atoms with van der Waals surface area (Å²) in [6.45, 7) is 7.24. The van der Waals surface area contributed by atoms with Gasteiger partial charge in [-0.3, -0.25) is 14.2 Å². The van der Waals surface area contributed by atoms with Gasteiger partial charge >= 0.3 is 0 Å². The van der Waals surface area contributed by atoms with Crippen molar-refractivity contribution in [2.75, 3.05) is 43.4 Å². The summed E-state index contributed by atoms with van der Waals surface area (Å²) in [4.78, 5) is 41.2. The number of likely N-dealkylation sites (tertiary alicyclic amines) is 1. The van der Waals surface area contributed by atoms with Crippen molar-refractivity contribution in [3.05, 3.63) is 48.0 Å². The van der Waals surface area contributed by atoms with Gasteiger partial charge < -0.3 is 29.7 Å². The molecule has 0 amide bonds. The molecule has 2 saturated heterocycles. The van der Waals surface area contributed by atoms with Crippen LogP contribution in [0.15, 0.2) is 36.7 Å². The molecule has 2 fully saturated rings. The van der Waals surface area contributed by atoms with E-state index in [9.17, 15) is 9.59 Å². The van der Waals surface area contributed by atoms with Crippen LogP contribution in [0.4, 0.5) is 11.8 Å². The van der Waals surface area contributed by atoms with E-state index in [2.05, 4.69) is 48.1 Å². The zero-order valence-corrected chi connectivity index (χ0v) is 25.1. The molecule has 16 heteroatoms. The zero-order chi connectivity index (χ0) is 31.0. The van der Waals surface area contributed by atoms with Crippen molar-refractivity contribution in [1.29, 1.82) is 0 Å². The molecule has 1 aromatic carbocycles. The molecule has 3 aromatic heterocycles. The molecule has 0 spiro atoms. The van der Waals surface area contributed by atoms with E-state index in [1.165, 1.54) is 29.6 Å². The predicted octanol–water partition coefficient (Wildman–Crippen LogP) is 1.74. The van der Waals surface area contributed by atoms with Crippen LogP contribution in [0.2, 0.25) is 0 Å². The quantitative estimate of drug-likeness (QED) is 0.184. The van der Waals surface area contributed by atoms with E-state index in [-0.39, 0.29) is 12.3 Å². The highest BCUT2D eigenvalue weighted by Gasteiger charge is 2.52. The van der Waals surface area contributed by atoms with E-state index in [0.717, 1.165) is 26.1 Å². The van der Waals surface area contributed by atoms with Crippen LogP contribution in [-0.2, 0) is 36.8 Å². The number of carbonyl (C=O) groups excluding carboxylic acids is 2. The second-order valence-corrected chi connectivity index (χ2v) is 10.9. The smallest absolute Gasteiger partial charge is 0.293 e. The third-order valence-corrected chi connectivity index (χ3v) is 8.02. The number of piperidine rings is 1. The number of anilines is 2. The van der Waals surface area contributed by atoms with Gasteiger partial charge in [-0.15, -0.1) is 10.2 Å². The van der Waals surface area contributed by atoms with Crippen LogP contribution in [0.1, 0.15) is 49.9 Å². The van der Waals surface area contributed by atoms with Crippen LogP contribution in [0.5, 0.6) is 0 Å². The van der Waals surface area contributed by atoms with Gasteiger partial charge in [0.2, 0.25) is 11.8 Å². The van der Waals surface area contributed by atoms with Gasteiger partial charge in [-0.25, -0.2) is 4.98 Å². The van der Waals surface area contributed by atoms with Crippen molar-refractivity contribution < 1.29 is 23.8 Å². The molecular formula is C29H37N11O5. The van der Waals surface area contributed by atoms with E-state index in [1.54, 1.807) is 10.9 Å². The maximum Gasteiger partial charge on any atom is 0.293 e. The lowest BCUT2D eigenvalue weighted by molar-refractivity contribution is -0.151. The molecule has 6 rings (SSSR count). The average molecular weight is 620 g/mol. The molecule has 0 radical (unpaired) electrons. The Labute approximate surface area is 259 Å². The number of ether oxygens (including phenoxy) is 3. The molecule has 0 unspecified atom stereocenters. The van der Waals surface area contributed by atoms with Crippen LogP contribution in [0.25, 0.3) is 11.2 Å². The van der Waals surface area contributed by atoms with Crippen molar-refractivity contribution in [3.8, 4) is 0 Å². The van der Waals surface area contributed by atoms with E-state index in [4.69, 9.17) is 24.2 Å². The number of hydrogen-bond donors (Lipinski definition) is 2. The number of aromatic nitrogens is 8. The molecule has 0 bridgehead atoms. The number of nitrogens with one attached hydrogen (secondary N) is 2. The highest BCUT2D eigenvalue weighted by atomic mass is 16.6. The number of aryl methyl sites for hydroxylation is 1. The van der Waals surface area contributed by atoms with Crippen LogP contribution >= 0.6 is 0 Å². The summed E-state index contributed by atoms with van der Waals surface area (Å²) >= 11 is 0. The van der Waals surface area contributed by atoms with E-state index >= 15 is 0 Å². The molecular weight excluding hydrogens is 582 g/mol. The normalized spacial score (nSPS) is 21.9. The first kappa shape index (κ1) is 30.3. The first-order chi connectivity index (χ1) is 22.2. The zero-order valence-electron chi connectivity index (χ0n) is 25.1. The lowest BCUT2D eigenvalue weighted by atomic mass is 10.1. The fourth-order valence-electron chi connectivity index (χ4n) is 5.78. The van der Waals surface area contributed by atoms with Crippen LogP contribution in [0, 0.1) is 0 Å². The summed E-state index contributed by atoms with van der Waals surface area (Å²) in [5.41, 5.74) is 2.13. The number of imidazole rings is 1. The topological polar surface area (TPSA) is 176 Å². The molecule has 0 saturated carbocycles. The predicted molar refractivity (Wildman–Crippen MR) is 161 cm³/mol. The van der Waals surface area contributed by atoms with E-state index < -0.39 is 24.5 Å². The highest BCUT2D eigenvalue weighted by Crippen LogP contribution is 2.42. The third kappa shape index (κ3) is 6.86. The van der Waals surface area contributed by atoms with Gasteiger partial charge in [0, 0.05) is 19.6 Å². The summed E-state index contributed by atoms with van der Waals surface area (Å²) in [6, 6.07) is 10.2. The minimum absolute atomic E-state index is 0.188. The standard InChI is InChI=1S/C29H37N11O5/c1-2-40-36-26(35-37-40)23-22(43-18-41)24(44-19-42)28(45-23)39-17-32-21-25(30-12-11-20-9-5-3-6-10-20)33-29(34-27(21)39)31-13-16-38-14-7-4-8-15-38/h3,5-6,9-10,17-19,22-24,28H,2,4,7-8,11-16H2,1H3,(H2,30,31,33,34)/t22-,23-,24+,28+/m0/s1. The SMILES string of the molecule is CCn1nnc([C@H]2O[C@@H](n3cnc4c(NCCc5ccccc5)nc(NCCN5CCCCC5)nc43)[C@H](OC=O)[C@H]2OC=O)n1. The number of tetrazole rings is 1. The molecule has 0 aliphatic carbocycles. The molecule has 238 valence electrons. The average Bonchev–Trinajstić information content (AvgIpc) is 3.80. The van der Waals surface area contributed by atoms with Crippen LogP contribution in [-0.4, -0.2) is 103 Å². The summed E-state index contributed by atoms with van der Waals surface area (Å²) in [5.74, 6) is 1.15. The lowest BCUT2D eigenvalue weighted by Gasteiger charge is -2.26. The van der Waals surface area contributed by atoms with Gasteiger partial charge in [-0.1, -0.05) is 36.8 Å². The molecule has 2 aliphatic rings. The Morgan fingerprint density at radius 1 is 1.00 bits per heavy atom. The Morgan fingerprint density at radius 2 is 1.80 bits per heavy atom.